The van der Waals surface area contributed by atoms with E-state index in [1.165, 1.54) is 12.4 Å². The van der Waals surface area contributed by atoms with Gasteiger partial charge in [0.1, 0.15) is 6.33 Å². The second kappa shape index (κ2) is 7.17. The summed E-state index contributed by atoms with van der Waals surface area (Å²) in [6.45, 7) is 1.97. The highest BCUT2D eigenvalue weighted by Crippen LogP contribution is 2.33. The highest BCUT2D eigenvalue weighted by Gasteiger charge is 2.17. The summed E-state index contributed by atoms with van der Waals surface area (Å²) in [7, 11) is 1.91. The lowest BCUT2D eigenvalue weighted by molar-refractivity contribution is 0.102. The number of nitrogens with one attached hydrogen (secondary N) is 1. The predicted octanol–water partition coefficient (Wildman–Crippen LogP) is 3.66. The second-order valence-corrected chi connectivity index (χ2v) is 7.31. The van der Waals surface area contributed by atoms with Crippen LogP contribution in [0.2, 0.25) is 0 Å². The van der Waals surface area contributed by atoms with Gasteiger partial charge in [0.05, 0.1) is 17.3 Å². The first-order valence-electron chi connectivity index (χ1n) is 9.67. The molecule has 8 heteroatoms. The topological polar surface area (TPSA) is 94.2 Å². The maximum absolute atomic E-state index is 13.1. The first-order valence-corrected chi connectivity index (χ1v) is 9.67. The fourth-order valence-electron chi connectivity index (χ4n) is 3.86. The van der Waals surface area contributed by atoms with Gasteiger partial charge in [-0.25, -0.2) is 0 Å². The zero-order chi connectivity index (χ0) is 21.5. The monoisotopic (exact) mass is 410 g/mol. The van der Waals surface area contributed by atoms with E-state index in [1.54, 1.807) is 10.6 Å². The summed E-state index contributed by atoms with van der Waals surface area (Å²) >= 11 is 0. The third kappa shape index (κ3) is 3.05. The molecule has 31 heavy (non-hydrogen) atoms. The van der Waals surface area contributed by atoms with Crippen molar-refractivity contribution in [1.29, 1.82) is 0 Å². The van der Waals surface area contributed by atoms with E-state index in [-0.39, 0.29) is 11.5 Å². The number of amides is 1. The van der Waals surface area contributed by atoms with Crippen LogP contribution in [0.3, 0.4) is 0 Å². The van der Waals surface area contributed by atoms with Crippen molar-refractivity contribution in [3.05, 3.63) is 77.9 Å². The van der Waals surface area contributed by atoms with E-state index in [4.69, 9.17) is 0 Å². The number of anilines is 1. The zero-order valence-electron chi connectivity index (χ0n) is 16.9. The number of aromatic nitrogens is 5. The zero-order valence-corrected chi connectivity index (χ0v) is 16.9. The van der Waals surface area contributed by atoms with E-state index in [2.05, 4.69) is 20.6 Å². The van der Waals surface area contributed by atoms with Gasteiger partial charge in [-0.3, -0.25) is 18.7 Å². The number of carbonyl (C=O) groups excluding carboxylic acids is 2. The quantitative estimate of drug-likeness (QED) is 0.457. The van der Waals surface area contributed by atoms with Gasteiger partial charge in [0, 0.05) is 29.9 Å². The van der Waals surface area contributed by atoms with Crippen LogP contribution in [0.5, 0.6) is 0 Å². The van der Waals surface area contributed by atoms with Gasteiger partial charge in [-0.05, 0) is 41.8 Å². The van der Waals surface area contributed by atoms with Crippen LogP contribution in [0.15, 0.2) is 61.2 Å². The lowest BCUT2D eigenvalue weighted by Gasteiger charge is -2.14. The molecule has 0 atom stereocenters. The van der Waals surface area contributed by atoms with Crippen molar-refractivity contribution in [2.24, 2.45) is 7.05 Å². The third-order valence-corrected chi connectivity index (χ3v) is 5.46. The first kappa shape index (κ1) is 18.7. The Kier molecular flexibility index (Phi) is 4.32. The fraction of sp³-hybridized carbons (Fsp3) is 0.0870. The Morgan fingerprint density at radius 2 is 1.94 bits per heavy atom. The van der Waals surface area contributed by atoms with Crippen molar-refractivity contribution in [2.45, 2.75) is 6.92 Å². The van der Waals surface area contributed by atoms with Gasteiger partial charge >= 0.3 is 0 Å². The van der Waals surface area contributed by atoms with E-state index in [1.807, 2.05) is 61.2 Å². The van der Waals surface area contributed by atoms with E-state index >= 15 is 0 Å². The van der Waals surface area contributed by atoms with Crippen LogP contribution in [0.4, 0.5) is 5.69 Å². The Hall–Kier alpha value is -4.33. The Bertz CT molecular complexity index is 1480. The van der Waals surface area contributed by atoms with Crippen LogP contribution < -0.4 is 5.32 Å². The number of hydrogen-bond donors (Lipinski definition) is 1. The van der Waals surface area contributed by atoms with Crippen LogP contribution in [-0.2, 0) is 7.05 Å². The summed E-state index contributed by atoms with van der Waals surface area (Å²) in [5.41, 5.74) is 5.72. The minimum Gasteiger partial charge on any atom is -0.322 e. The number of fused-ring (bicyclic) bond motifs is 2. The number of aldehydes is 1. The van der Waals surface area contributed by atoms with Gasteiger partial charge in [-0.15, -0.1) is 10.2 Å². The van der Waals surface area contributed by atoms with Crippen molar-refractivity contribution < 1.29 is 9.59 Å². The molecule has 0 spiro atoms. The summed E-state index contributed by atoms with van der Waals surface area (Å²) in [4.78, 5) is 24.4. The molecule has 5 aromatic rings. The molecular formula is C23H18N6O2. The van der Waals surface area contributed by atoms with Crippen molar-refractivity contribution in [1.82, 2.24) is 24.4 Å². The molecule has 0 saturated heterocycles. The molecule has 8 nitrogen and oxygen atoms in total. The molecule has 3 aromatic heterocycles. The number of benzene rings is 2. The number of nitrogens with zero attached hydrogens (tertiary/aromatic N) is 5. The molecule has 152 valence electrons. The van der Waals surface area contributed by atoms with Crippen LogP contribution >= 0.6 is 0 Å². The Morgan fingerprint density at radius 3 is 2.77 bits per heavy atom. The van der Waals surface area contributed by atoms with Crippen LogP contribution in [-0.4, -0.2) is 36.6 Å². The van der Waals surface area contributed by atoms with Crippen LogP contribution in [0.1, 0.15) is 26.3 Å². The number of rotatable bonds is 4. The Balaban J connectivity index is 1.56. The van der Waals surface area contributed by atoms with Gasteiger partial charge in [0.2, 0.25) is 0 Å². The van der Waals surface area contributed by atoms with Crippen LogP contribution in [0.25, 0.3) is 27.7 Å². The molecule has 0 bridgehead atoms. The minimum absolute atomic E-state index is 0.279. The fourth-order valence-corrected chi connectivity index (χ4v) is 3.86. The molecule has 3 heterocycles. The summed E-state index contributed by atoms with van der Waals surface area (Å²) < 4.78 is 3.40. The maximum Gasteiger partial charge on any atom is 0.259 e. The summed E-state index contributed by atoms with van der Waals surface area (Å²) in [6, 6.07) is 13.4. The number of carbonyl (C=O) groups is 2. The van der Waals surface area contributed by atoms with Crippen LogP contribution in [0, 0.1) is 6.92 Å². The molecule has 1 amide bonds. The predicted molar refractivity (Wildman–Crippen MR) is 117 cm³/mol. The smallest absolute Gasteiger partial charge is 0.259 e. The molecule has 5 rings (SSSR count). The Labute approximate surface area is 177 Å². The van der Waals surface area contributed by atoms with Gasteiger partial charge < -0.3 is 5.32 Å². The van der Waals surface area contributed by atoms with Crippen molar-refractivity contribution in [3.63, 3.8) is 0 Å². The van der Waals surface area contributed by atoms with Gasteiger partial charge in [-0.1, -0.05) is 24.3 Å². The third-order valence-electron chi connectivity index (χ3n) is 5.46. The molecule has 0 saturated carbocycles. The molecule has 0 aliphatic heterocycles. The molecular weight excluding hydrogens is 392 g/mol. The largest absolute Gasteiger partial charge is 0.322 e. The van der Waals surface area contributed by atoms with Gasteiger partial charge in [0.15, 0.2) is 11.9 Å². The van der Waals surface area contributed by atoms with E-state index < -0.39 is 0 Å². The highest BCUT2D eigenvalue weighted by molar-refractivity contribution is 6.09. The molecule has 0 aliphatic carbocycles. The standard InChI is InChI=1S/C23H18N6O2/c1-14-16(17-6-4-8-21-19(17)10-25-28(21)2)5-3-7-20(14)26-23(31)18-9-15(12-30)11-29-13-24-27-22(18)29/h3-13H,1-2H3,(H,26,31). The lowest BCUT2D eigenvalue weighted by atomic mass is 9.96. The molecule has 0 aliphatic rings. The highest BCUT2D eigenvalue weighted by atomic mass is 16.1. The normalized spacial score (nSPS) is 11.2. The van der Waals surface area contributed by atoms with Gasteiger partial charge in [0.25, 0.3) is 5.91 Å². The molecule has 1 N–H and O–H groups in total. The summed E-state index contributed by atoms with van der Waals surface area (Å²) in [6.07, 6.45) is 5.58. The van der Waals surface area contributed by atoms with Crippen molar-refractivity contribution in [3.8, 4) is 11.1 Å². The Morgan fingerprint density at radius 1 is 1.13 bits per heavy atom. The maximum atomic E-state index is 13.1. The van der Waals surface area contributed by atoms with Crippen molar-refractivity contribution in [2.75, 3.05) is 5.32 Å². The average Bonchev–Trinajstić information content (AvgIpc) is 3.41. The lowest BCUT2D eigenvalue weighted by Crippen LogP contribution is -2.15. The molecule has 2 aromatic carbocycles. The van der Waals surface area contributed by atoms with E-state index in [0.29, 0.717) is 23.2 Å². The minimum atomic E-state index is -0.360. The number of aryl methyl sites for hydroxylation is 1. The van der Waals surface area contributed by atoms with E-state index in [0.717, 1.165) is 27.6 Å². The average molecular weight is 410 g/mol. The molecule has 0 fully saturated rings. The second-order valence-electron chi connectivity index (χ2n) is 7.31. The molecule has 0 unspecified atom stereocenters. The summed E-state index contributed by atoms with van der Waals surface area (Å²) in [5.74, 6) is -0.360. The number of pyridine rings is 1. The summed E-state index contributed by atoms with van der Waals surface area (Å²) in [5, 5.41) is 16.2. The SMILES string of the molecule is Cc1c(NC(=O)c2cc(C=O)cn3cnnc23)cccc1-c1cccc2c1cnn2C. The number of hydrogen-bond acceptors (Lipinski definition) is 5. The molecule has 0 radical (unpaired) electrons. The van der Waals surface area contributed by atoms with E-state index in [9.17, 15) is 9.59 Å². The van der Waals surface area contributed by atoms with Crippen molar-refractivity contribution >= 4 is 34.4 Å². The first-order chi connectivity index (χ1) is 15.1. The van der Waals surface area contributed by atoms with Gasteiger partial charge in [-0.2, -0.15) is 5.10 Å².